The standard InChI is InChI=1S/C16H24N2O/c19-13-12-17-8-10-18(11-9-17)16-7-3-5-14-4-1-2-6-15(14)16/h1-2,4,6,16,19H,3,5,7-13H2/t16-/m1/s1. The van der Waals surface area contributed by atoms with Gasteiger partial charge in [-0.1, -0.05) is 24.3 Å². The molecule has 3 heteroatoms. The van der Waals surface area contributed by atoms with Crippen LogP contribution in [0.15, 0.2) is 24.3 Å². The number of piperazine rings is 1. The van der Waals surface area contributed by atoms with E-state index < -0.39 is 0 Å². The predicted molar refractivity (Wildman–Crippen MR) is 77.2 cm³/mol. The molecule has 1 aromatic carbocycles. The Balaban J connectivity index is 1.68. The molecule has 3 nitrogen and oxygen atoms in total. The van der Waals surface area contributed by atoms with Crippen LogP contribution in [0, 0.1) is 0 Å². The summed E-state index contributed by atoms with van der Waals surface area (Å²) in [6.07, 6.45) is 3.87. The molecule has 1 aliphatic carbocycles. The van der Waals surface area contributed by atoms with E-state index >= 15 is 0 Å². The van der Waals surface area contributed by atoms with Crippen molar-refractivity contribution in [2.75, 3.05) is 39.3 Å². The van der Waals surface area contributed by atoms with E-state index in [0.29, 0.717) is 6.04 Å². The minimum Gasteiger partial charge on any atom is -0.395 e. The van der Waals surface area contributed by atoms with Crippen molar-refractivity contribution in [1.82, 2.24) is 9.80 Å². The van der Waals surface area contributed by atoms with Crippen LogP contribution >= 0.6 is 0 Å². The molecular weight excluding hydrogens is 236 g/mol. The molecule has 1 heterocycles. The fourth-order valence-corrected chi connectivity index (χ4v) is 3.55. The first-order valence-corrected chi connectivity index (χ1v) is 7.53. The van der Waals surface area contributed by atoms with Crippen LogP contribution in [0.25, 0.3) is 0 Å². The minimum absolute atomic E-state index is 0.284. The fourth-order valence-electron chi connectivity index (χ4n) is 3.55. The third kappa shape index (κ3) is 2.83. The summed E-state index contributed by atoms with van der Waals surface area (Å²) in [6, 6.07) is 9.59. The maximum Gasteiger partial charge on any atom is 0.0558 e. The van der Waals surface area contributed by atoms with Crippen molar-refractivity contribution >= 4 is 0 Å². The van der Waals surface area contributed by atoms with Gasteiger partial charge in [-0.25, -0.2) is 0 Å². The molecule has 0 radical (unpaired) electrons. The summed E-state index contributed by atoms with van der Waals surface area (Å²) in [5.74, 6) is 0. The normalized spacial score (nSPS) is 25.2. The van der Waals surface area contributed by atoms with E-state index in [1.54, 1.807) is 11.1 Å². The monoisotopic (exact) mass is 260 g/mol. The summed E-state index contributed by atoms with van der Waals surface area (Å²) in [5.41, 5.74) is 3.11. The Bertz CT molecular complexity index is 413. The molecule has 1 aromatic rings. The van der Waals surface area contributed by atoms with E-state index in [1.165, 1.54) is 19.3 Å². The molecule has 2 aliphatic rings. The zero-order chi connectivity index (χ0) is 13.1. The molecule has 0 saturated carbocycles. The highest BCUT2D eigenvalue weighted by Gasteiger charge is 2.28. The maximum absolute atomic E-state index is 9.01. The lowest BCUT2D eigenvalue weighted by Gasteiger charge is -2.41. The molecule has 0 amide bonds. The largest absolute Gasteiger partial charge is 0.395 e. The van der Waals surface area contributed by atoms with Gasteiger partial charge in [0.1, 0.15) is 0 Å². The Hall–Kier alpha value is -0.900. The zero-order valence-electron chi connectivity index (χ0n) is 11.6. The topological polar surface area (TPSA) is 26.7 Å². The third-order valence-corrected chi connectivity index (χ3v) is 4.60. The van der Waals surface area contributed by atoms with Crippen LogP contribution in [0.4, 0.5) is 0 Å². The van der Waals surface area contributed by atoms with Crippen LogP contribution in [0.3, 0.4) is 0 Å². The van der Waals surface area contributed by atoms with Gasteiger partial charge < -0.3 is 5.11 Å². The van der Waals surface area contributed by atoms with Gasteiger partial charge in [-0.15, -0.1) is 0 Å². The van der Waals surface area contributed by atoms with Crippen molar-refractivity contribution in [3.05, 3.63) is 35.4 Å². The molecule has 1 aliphatic heterocycles. The van der Waals surface area contributed by atoms with Gasteiger partial charge in [0.25, 0.3) is 0 Å². The Labute approximate surface area is 115 Å². The van der Waals surface area contributed by atoms with Crippen LogP contribution in [-0.4, -0.2) is 54.2 Å². The smallest absolute Gasteiger partial charge is 0.0558 e. The molecule has 3 rings (SSSR count). The lowest BCUT2D eigenvalue weighted by atomic mass is 9.86. The van der Waals surface area contributed by atoms with E-state index in [-0.39, 0.29) is 6.61 Å². The van der Waals surface area contributed by atoms with Crippen LogP contribution in [-0.2, 0) is 6.42 Å². The Morgan fingerprint density at radius 1 is 1.11 bits per heavy atom. The lowest BCUT2D eigenvalue weighted by molar-refractivity contribution is 0.0772. The number of β-amino-alcohol motifs (C(OH)–C–C–N with tert-alkyl or cyclic N) is 1. The van der Waals surface area contributed by atoms with Gasteiger partial charge in [-0.05, 0) is 30.4 Å². The van der Waals surface area contributed by atoms with E-state index in [2.05, 4.69) is 34.1 Å². The Morgan fingerprint density at radius 3 is 2.68 bits per heavy atom. The first kappa shape index (κ1) is 13.1. The molecule has 0 aromatic heterocycles. The lowest BCUT2D eigenvalue weighted by Crippen LogP contribution is -2.48. The fraction of sp³-hybridized carbons (Fsp3) is 0.625. The number of fused-ring (bicyclic) bond motifs is 1. The molecule has 1 saturated heterocycles. The second kappa shape index (κ2) is 6.04. The minimum atomic E-state index is 0.284. The van der Waals surface area contributed by atoms with E-state index in [0.717, 1.165) is 32.7 Å². The SMILES string of the molecule is OCCN1CCN([C@@H]2CCCc3ccccc32)CC1. The summed E-state index contributed by atoms with van der Waals surface area (Å²) in [5, 5.41) is 9.01. The number of aliphatic hydroxyl groups is 1. The van der Waals surface area contributed by atoms with Gasteiger partial charge >= 0.3 is 0 Å². The average Bonchev–Trinajstić information content (AvgIpc) is 2.48. The number of hydrogen-bond donors (Lipinski definition) is 1. The van der Waals surface area contributed by atoms with Crippen molar-refractivity contribution < 1.29 is 5.11 Å². The summed E-state index contributed by atoms with van der Waals surface area (Å²) in [4.78, 5) is 5.01. The number of aryl methyl sites for hydroxylation is 1. The van der Waals surface area contributed by atoms with Crippen LogP contribution in [0.1, 0.15) is 30.0 Å². The van der Waals surface area contributed by atoms with Crippen molar-refractivity contribution in [3.63, 3.8) is 0 Å². The Kier molecular flexibility index (Phi) is 4.16. The maximum atomic E-state index is 9.01. The van der Waals surface area contributed by atoms with Gasteiger partial charge in [0.15, 0.2) is 0 Å². The molecule has 1 fully saturated rings. The second-order valence-electron chi connectivity index (χ2n) is 5.71. The number of hydrogen-bond acceptors (Lipinski definition) is 3. The summed E-state index contributed by atoms with van der Waals surface area (Å²) in [7, 11) is 0. The van der Waals surface area contributed by atoms with Crippen LogP contribution in [0.5, 0.6) is 0 Å². The summed E-state index contributed by atoms with van der Waals surface area (Å²) >= 11 is 0. The first-order valence-electron chi connectivity index (χ1n) is 7.53. The Morgan fingerprint density at radius 2 is 1.89 bits per heavy atom. The van der Waals surface area contributed by atoms with Gasteiger partial charge in [0.2, 0.25) is 0 Å². The summed E-state index contributed by atoms with van der Waals surface area (Å²) < 4.78 is 0. The van der Waals surface area contributed by atoms with Crippen LogP contribution in [0.2, 0.25) is 0 Å². The van der Waals surface area contributed by atoms with E-state index in [9.17, 15) is 0 Å². The van der Waals surface area contributed by atoms with Crippen molar-refractivity contribution in [2.45, 2.75) is 25.3 Å². The molecule has 0 spiro atoms. The average molecular weight is 260 g/mol. The quantitative estimate of drug-likeness (QED) is 0.895. The molecule has 0 unspecified atom stereocenters. The number of benzene rings is 1. The number of rotatable bonds is 3. The molecule has 1 N–H and O–H groups in total. The van der Waals surface area contributed by atoms with Gasteiger partial charge in [0.05, 0.1) is 6.61 Å². The first-order chi connectivity index (χ1) is 9.38. The molecular formula is C16H24N2O. The molecule has 0 bridgehead atoms. The summed E-state index contributed by atoms with van der Waals surface area (Å²) in [6.45, 7) is 5.58. The van der Waals surface area contributed by atoms with Crippen molar-refractivity contribution in [3.8, 4) is 0 Å². The van der Waals surface area contributed by atoms with Gasteiger partial charge in [-0.3, -0.25) is 9.80 Å². The van der Waals surface area contributed by atoms with Crippen molar-refractivity contribution in [1.29, 1.82) is 0 Å². The molecule has 1 atom stereocenters. The molecule has 104 valence electrons. The number of aliphatic hydroxyl groups excluding tert-OH is 1. The van der Waals surface area contributed by atoms with Gasteiger partial charge in [-0.2, -0.15) is 0 Å². The zero-order valence-corrected chi connectivity index (χ0v) is 11.6. The highest BCUT2D eigenvalue weighted by atomic mass is 16.3. The highest BCUT2D eigenvalue weighted by Crippen LogP contribution is 2.34. The second-order valence-corrected chi connectivity index (χ2v) is 5.71. The highest BCUT2D eigenvalue weighted by molar-refractivity contribution is 5.32. The third-order valence-electron chi connectivity index (χ3n) is 4.60. The van der Waals surface area contributed by atoms with E-state index in [4.69, 9.17) is 5.11 Å². The van der Waals surface area contributed by atoms with Crippen LogP contribution < -0.4 is 0 Å². The van der Waals surface area contributed by atoms with E-state index in [1.807, 2.05) is 0 Å². The predicted octanol–water partition coefficient (Wildman–Crippen LogP) is 1.67. The van der Waals surface area contributed by atoms with Gasteiger partial charge in [0, 0.05) is 38.8 Å². The number of nitrogens with zero attached hydrogens (tertiary/aromatic N) is 2. The van der Waals surface area contributed by atoms with Crippen molar-refractivity contribution in [2.24, 2.45) is 0 Å². The molecule has 19 heavy (non-hydrogen) atoms.